The summed E-state index contributed by atoms with van der Waals surface area (Å²) in [6, 6.07) is 4.80. The van der Waals surface area contributed by atoms with Crippen LogP contribution in [0.25, 0.3) is 0 Å². The average molecular weight is 248 g/mol. The molecule has 2 aromatic rings. The van der Waals surface area contributed by atoms with E-state index in [1.807, 2.05) is 0 Å². The quantitative estimate of drug-likeness (QED) is 0.595. The van der Waals surface area contributed by atoms with Crippen LogP contribution in [0, 0.1) is 17.0 Å². The van der Waals surface area contributed by atoms with E-state index in [0.717, 1.165) is 0 Å². The molecule has 0 fully saturated rings. The maximum atomic E-state index is 11.6. The molecule has 94 valence electrons. The second-order valence-electron chi connectivity index (χ2n) is 4.00. The predicted molar refractivity (Wildman–Crippen MR) is 64.4 cm³/mol. The highest BCUT2D eigenvalue weighted by Crippen LogP contribution is 2.21. The molecular weight excluding hydrogens is 236 g/mol. The van der Waals surface area contributed by atoms with Crippen molar-refractivity contribution in [1.29, 1.82) is 0 Å². The molecule has 0 saturated heterocycles. The summed E-state index contributed by atoms with van der Waals surface area (Å²) in [5, 5.41) is 14.7. The maximum Gasteiger partial charge on any atom is 0.345 e. The first-order chi connectivity index (χ1) is 8.50. The molecule has 0 aliphatic carbocycles. The van der Waals surface area contributed by atoms with E-state index < -0.39 is 4.92 Å². The first-order valence-corrected chi connectivity index (χ1v) is 5.32. The van der Waals surface area contributed by atoms with E-state index in [0.29, 0.717) is 11.1 Å². The number of aryl methyl sites for hydroxylation is 1. The van der Waals surface area contributed by atoms with E-state index in [-0.39, 0.29) is 17.9 Å². The van der Waals surface area contributed by atoms with Gasteiger partial charge in [-0.05, 0) is 12.5 Å². The number of hydrogen-bond donors (Lipinski definition) is 0. The highest BCUT2D eigenvalue weighted by Gasteiger charge is 2.14. The van der Waals surface area contributed by atoms with Crippen LogP contribution < -0.4 is 5.69 Å². The van der Waals surface area contributed by atoms with Crippen molar-refractivity contribution in [3.05, 3.63) is 56.3 Å². The Balaban J connectivity index is 2.41. The zero-order chi connectivity index (χ0) is 13.3. The minimum atomic E-state index is -0.431. The van der Waals surface area contributed by atoms with Gasteiger partial charge in [0.15, 0.2) is 0 Å². The van der Waals surface area contributed by atoms with Gasteiger partial charge in [0.1, 0.15) is 6.33 Å². The fourth-order valence-electron chi connectivity index (χ4n) is 1.73. The lowest BCUT2D eigenvalue weighted by atomic mass is 10.1. The van der Waals surface area contributed by atoms with Crippen LogP contribution in [0.3, 0.4) is 0 Å². The van der Waals surface area contributed by atoms with Crippen molar-refractivity contribution in [2.24, 2.45) is 7.05 Å². The number of nitro groups is 1. The standard InChI is InChI=1S/C11H12N4O3/c1-8-9(4-3-5-10(8)15(17)18)6-14-11(16)13(2)7-12-14/h3-5,7H,6H2,1-2H3. The van der Waals surface area contributed by atoms with Crippen LogP contribution in [-0.4, -0.2) is 19.3 Å². The van der Waals surface area contributed by atoms with Crippen LogP contribution in [-0.2, 0) is 13.6 Å². The maximum absolute atomic E-state index is 11.6. The van der Waals surface area contributed by atoms with Crippen molar-refractivity contribution in [2.75, 3.05) is 0 Å². The van der Waals surface area contributed by atoms with Gasteiger partial charge in [-0.25, -0.2) is 9.48 Å². The first-order valence-electron chi connectivity index (χ1n) is 5.32. The van der Waals surface area contributed by atoms with Crippen molar-refractivity contribution in [3.63, 3.8) is 0 Å². The van der Waals surface area contributed by atoms with E-state index in [4.69, 9.17) is 0 Å². The van der Waals surface area contributed by atoms with E-state index in [2.05, 4.69) is 5.10 Å². The van der Waals surface area contributed by atoms with Crippen LogP contribution in [0.5, 0.6) is 0 Å². The van der Waals surface area contributed by atoms with Gasteiger partial charge in [0.25, 0.3) is 5.69 Å². The molecule has 0 N–H and O–H groups in total. The molecule has 0 atom stereocenters. The summed E-state index contributed by atoms with van der Waals surface area (Å²) < 4.78 is 2.62. The molecule has 2 rings (SSSR count). The third-order valence-corrected chi connectivity index (χ3v) is 2.82. The molecule has 0 bridgehead atoms. The predicted octanol–water partition coefficient (Wildman–Crippen LogP) is 0.847. The molecule has 0 saturated carbocycles. The summed E-state index contributed by atoms with van der Waals surface area (Å²) in [6.45, 7) is 1.90. The molecule has 7 heteroatoms. The minimum Gasteiger partial charge on any atom is -0.285 e. The lowest BCUT2D eigenvalue weighted by molar-refractivity contribution is -0.385. The van der Waals surface area contributed by atoms with Crippen LogP contribution in [0.2, 0.25) is 0 Å². The zero-order valence-corrected chi connectivity index (χ0v) is 10.0. The van der Waals surface area contributed by atoms with E-state index in [9.17, 15) is 14.9 Å². The molecule has 1 aromatic carbocycles. The van der Waals surface area contributed by atoms with E-state index >= 15 is 0 Å². The van der Waals surface area contributed by atoms with Crippen molar-refractivity contribution >= 4 is 5.69 Å². The van der Waals surface area contributed by atoms with Crippen molar-refractivity contribution < 1.29 is 4.92 Å². The number of aromatic nitrogens is 3. The summed E-state index contributed by atoms with van der Waals surface area (Å²) >= 11 is 0. The topological polar surface area (TPSA) is 83.0 Å². The normalized spacial score (nSPS) is 10.6. The Morgan fingerprint density at radius 2 is 2.17 bits per heavy atom. The molecule has 1 aromatic heterocycles. The van der Waals surface area contributed by atoms with Gasteiger partial charge < -0.3 is 0 Å². The molecule has 18 heavy (non-hydrogen) atoms. The Labute approximate surface area is 102 Å². The van der Waals surface area contributed by atoms with Crippen LogP contribution in [0.4, 0.5) is 5.69 Å². The van der Waals surface area contributed by atoms with Crippen molar-refractivity contribution in [3.8, 4) is 0 Å². The fraction of sp³-hybridized carbons (Fsp3) is 0.273. The molecule has 0 aliphatic heterocycles. The number of rotatable bonds is 3. The second-order valence-corrected chi connectivity index (χ2v) is 4.00. The van der Waals surface area contributed by atoms with Gasteiger partial charge in [-0.2, -0.15) is 5.10 Å². The number of benzene rings is 1. The monoisotopic (exact) mass is 248 g/mol. The highest BCUT2D eigenvalue weighted by molar-refractivity contribution is 5.44. The molecule has 0 spiro atoms. The third-order valence-electron chi connectivity index (χ3n) is 2.82. The molecule has 0 aliphatic rings. The van der Waals surface area contributed by atoms with Gasteiger partial charge in [0.05, 0.1) is 11.5 Å². The fourth-order valence-corrected chi connectivity index (χ4v) is 1.73. The van der Waals surface area contributed by atoms with Gasteiger partial charge in [-0.15, -0.1) is 0 Å². The third kappa shape index (κ3) is 2.02. The summed E-state index contributed by atoms with van der Waals surface area (Å²) in [5.41, 5.74) is 1.07. The lowest BCUT2D eigenvalue weighted by Crippen LogP contribution is -2.23. The number of nitrogens with zero attached hydrogens (tertiary/aromatic N) is 4. The second kappa shape index (κ2) is 4.44. The molecule has 7 nitrogen and oxygen atoms in total. The Bertz CT molecular complexity index is 657. The summed E-state index contributed by atoms with van der Waals surface area (Å²) in [6.07, 6.45) is 1.41. The lowest BCUT2D eigenvalue weighted by Gasteiger charge is -2.05. The Morgan fingerprint density at radius 3 is 2.72 bits per heavy atom. The molecule has 0 unspecified atom stereocenters. The van der Waals surface area contributed by atoms with Crippen molar-refractivity contribution in [1.82, 2.24) is 14.3 Å². The Morgan fingerprint density at radius 1 is 1.44 bits per heavy atom. The van der Waals surface area contributed by atoms with Gasteiger partial charge in [0, 0.05) is 18.7 Å². The van der Waals surface area contributed by atoms with E-state index in [1.165, 1.54) is 21.6 Å². The first kappa shape index (κ1) is 12.0. The number of hydrogen-bond acceptors (Lipinski definition) is 4. The molecule has 0 radical (unpaired) electrons. The van der Waals surface area contributed by atoms with Gasteiger partial charge >= 0.3 is 5.69 Å². The summed E-state index contributed by atoms with van der Waals surface area (Å²) in [4.78, 5) is 22.0. The van der Waals surface area contributed by atoms with Crippen LogP contribution in [0.15, 0.2) is 29.3 Å². The minimum absolute atomic E-state index is 0.0523. The van der Waals surface area contributed by atoms with Crippen LogP contribution >= 0.6 is 0 Å². The smallest absolute Gasteiger partial charge is 0.285 e. The summed E-state index contributed by atoms with van der Waals surface area (Å²) in [5.74, 6) is 0. The SMILES string of the molecule is Cc1c(Cn2ncn(C)c2=O)cccc1[N+](=O)[O-]. The average Bonchev–Trinajstić information content (AvgIpc) is 2.63. The van der Waals surface area contributed by atoms with Gasteiger partial charge in [-0.3, -0.25) is 14.7 Å². The van der Waals surface area contributed by atoms with Crippen molar-refractivity contribution in [2.45, 2.75) is 13.5 Å². The zero-order valence-electron chi connectivity index (χ0n) is 10.0. The Kier molecular flexibility index (Phi) is 2.97. The highest BCUT2D eigenvalue weighted by atomic mass is 16.6. The van der Waals surface area contributed by atoms with Gasteiger partial charge in [-0.1, -0.05) is 12.1 Å². The summed E-state index contributed by atoms with van der Waals surface area (Å²) in [7, 11) is 1.60. The largest absolute Gasteiger partial charge is 0.345 e. The molecule has 1 heterocycles. The Hall–Kier alpha value is -2.44. The van der Waals surface area contributed by atoms with E-state index in [1.54, 1.807) is 26.1 Å². The molecule has 0 amide bonds. The number of nitro benzene ring substituents is 1. The molecular formula is C11H12N4O3. The van der Waals surface area contributed by atoms with Gasteiger partial charge in [0.2, 0.25) is 0 Å². The van der Waals surface area contributed by atoms with Crippen LogP contribution in [0.1, 0.15) is 11.1 Å².